The predicted molar refractivity (Wildman–Crippen MR) is 41.2 cm³/mol. The minimum absolute atomic E-state index is 0.0891. The first-order valence-electron chi connectivity index (χ1n) is 3.50. The molecule has 0 saturated heterocycles. The number of H-pyrrole nitrogens is 1. The number of nitrogens with one attached hydrogen (secondary N) is 2. The van der Waals surface area contributed by atoms with Crippen LogP contribution in [0.2, 0.25) is 0 Å². The number of hydrogen-bond acceptors (Lipinski definition) is 2. The molecule has 4 heteroatoms. The van der Waals surface area contributed by atoms with Gasteiger partial charge in [0.25, 0.3) is 5.91 Å². The molecule has 60 valence electrons. The van der Waals surface area contributed by atoms with Crippen molar-refractivity contribution in [2.24, 2.45) is 0 Å². The lowest BCUT2D eigenvalue weighted by atomic mass is 10.3. The average molecular weight is 153 g/mol. The highest BCUT2D eigenvalue weighted by atomic mass is 16.1. The van der Waals surface area contributed by atoms with Gasteiger partial charge in [0.15, 0.2) is 0 Å². The SMILES string of the molecule is CC(C)NC(=O)c1cn[nH]c1. The zero-order valence-electron chi connectivity index (χ0n) is 6.59. The number of rotatable bonds is 2. The van der Waals surface area contributed by atoms with Crippen LogP contribution in [0.5, 0.6) is 0 Å². The highest BCUT2D eigenvalue weighted by Crippen LogP contribution is 1.93. The van der Waals surface area contributed by atoms with Crippen molar-refractivity contribution in [1.82, 2.24) is 15.5 Å². The Bertz CT molecular complexity index is 228. The third-order valence-corrected chi connectivity index (χ3v) is 1.18. The third-order valence-electron chi connectivity index (χ3n) is 1.18. The molecule has 0 aliphatic rings. The van der Waals surface area contributed by atoms with Gasteiger partial charge in [0, 0.05) is 12.2 Å². The van der Waals surface area contributed by atoms with Crippen LogP contribution in [0.4, 0.5) is 0 Å². The maximum atomic E-state index is 11.1. The van der Waals surface area contributed by atoms with Gasteiger partial charge in [0.2, 0.25) is 0 Å². The van der Waals surface area contributed by atoms with Gasteiger partial charge < -0.3 is 5.32 Å². The van der Waals surface area contributed by atoms with Crippen molar-refractivity contribution in [2.75, 3.05) is 0 Å². The molecule has 0 aliphatic carbocycles. The van der Waals surface area contributed by atoms with Crippen molar-refractivity contribution in [1.29, 1.82) is 0 Å². The van der Waals surface area contributed by atoms with E-state index in [0.717, 1.165) is 0 Å². The standard InChI is InChI=1S/C7H11N3O/c1-5(2)10-7(11)6-3-8-9-4-6/h3-5H,1-2H3,(H,8,9)(H,10,11). The molecule has 0 atom stereocenters. The van der Waals surface area contributed by atoms with Gasteiger partial charge in [0.05, 0.1) is 11.8 Å². The third kappa shape index (κ3) is 2.07. The number of nitrogens with zero attached hydrogens (tertiary/aromatic N) is 1. The Kier molecular flexibility index (Phi) is 2.25. The van der Waals surface area contributed by atoms with E-state index >= 15 is 0 Å². The number of amides is 1. The van der Waals surface area contributed by atoms with Gasteiger partial charge in [-0.25, -0.2) is 0 Å². The molecule has 1 rings (SSSR count). The summed E-state index contributed by atoms with van der Waals surface area (Å²) in [5.41, 5.74) is 0.568. The normalized spacial score (nSPS) is 10.1. The Morgan fingerprint density at radius 1 is 1.73 bits per heavy atom. The fourth-order valence-corrected chi connectivity index (χ4v) is 0.721. The summed E-state index contributed by atoms with van der Waals surface area (Å²) in [5, 5.41) is 8.98. The second-order valence-corrected chi connectivity index (χ2v) is 2.62. The highest BCUT2D eigenvalue weighted by Gasteiger charge is 2.06. The summed E-state index contributed by atoms with van der Waals surface area (Å²) in [4.78, 5) is 11.1. The zero-order valence-corrected chi connectivity index (χ0v) is 6.59. The van der Waals surface area contributed by atoms with E-state index < -0.39 is 0 Å². The predicted octanol–water partition coefficient (Wildman–Crippen LogP) is 0.548. The molecule has 1 aromatic heterocycles. The summed E-state index contributed by atoms with van der Waals surface area (Å²) in [6.07, 6.45) is 3.06. The molecule has 2 N–H and O–H groups in total. The molecule has 0 aromatic carbocycles. The van der Waals surface area contributed by atoms with Crippen LogP contribution in [0.1, 0.15) is 24.2 Å². The lowest BCUT2D eigenvalue weighted by Gasteiger charge is -2.05. The summed E-state index contributed by atoms with van der Waals surface area (Å²) in [6, 6.07) is 0.164. The summed E-state index contributed by atoms with van der Waals surface area (Å²) in [7, 11) is 0. The molecule has 4 nitrogen and oxygen atoms in total. The van der Waals surface area contributed by atoms with Gasteiger partial charge in [0.1, 0.15) is 0 Å². The second kappa shape index (κ2) is 3.18. The minimum atomic E-state index is -0.0891. The van der Waals surface area contributed by atoms with Gasteiger partial charge in [-0.3, -0.25) is 9.89 Å². The Morgan fingerprint density at radius 2 is 2.45 bits per heavy atom. The molecule has 0 spiro atoms. The molecular formula is C7H11N3O. The highest BCUT2D eigenvalue weighted by molar-refractivity contribution is 5.93. The largest absolute Gasteiger partial charge is 0.350 e. The first-order chi connectivity index (χ1) is 5.20. The van der Waals surface area contributed by atoms with Crippen LogP contribution in [0.15, 0.2) is 12.4 Å². The molecule has 1 heterocycles. The minimum Gasteiger partial charge on any atom is -0.350 e. The lowest BCUT2D eigenvalue weighted by molar-refractivity contribution is 0.0943. The van der Waals surface area contributed by atoms with E-state index in [-0.39, 0.29) is 11.9 Å². The molecule has 0 radical (unpaired) electrons. The van der Waals surface area contributed by atoms with Crippen molar-refractivity contribution in [3.05, 3.63) is 18.0 Å². The number of carbonyl (C=O) groups is 1. The van der Waals surface area contributed by atoms with Crippen LogP contribution in [-0.2, 0) is 0 Å². The summed E-state index contributed by atoms with van der Waals surface area (Å²) < 4.78 is 0. The maximum absolute atomic E-state index is 11.1. The molecule has 0 fully saturated rings. The van der Waals surface area contributed by atoms with Crippen molar-refractivity contribution in [3.63, 3.8) is 0 Å². The molecule has 0 unspecified atom stereocenters. The average Bonchev–Trinajstić information content (AvgIpc) is 2.35. The van der Waals surface area contributed by atoms with Crippen LogP contribution in [0, 0.1) is 0 Å². The molecule has 0 bridgehead atoms. The lowest BCUT2D eigenvalue weighted by Crippen LogP contribution is -2.29. The van der Waals surface area contributed by atoms with Crippen LogP contribution in [0.3, 0.4) is 0 Å². The van der Waals surface area contributed by atoms with Gasteiger partial charge in [-0.05, 0) is 13.8 Å². The smallest absolute Gasteiger partial charge is 0.254 e. The first-order valence-corrected chi connectivity index (χ1v) is 3.50. The first kappa shape index (κ1) is 7.78. The summed E-state index contributed by atoms with van der Waals surface area (Å²) in [6.45, 7) is 3.83. The summed E-state index contributed by atoms with van der Waals surface area (Å²) >= 11 is 0. The van der Waals surface area contributed by atoms with E-state index in [2.05, 4.69) is 15.5 Å². The van der Waals surface area contributed by atoms with Crippen LogP contribution in [-0.4, -0.2) is 22.1 Å². The van der Waals surface area contributed by atoms with E-state index in [4.69, 9.17) is 0 Å². The number of carbonyl (C=O) groups excluding carboxylic acids is 1. The molecule has 0 aliphatic heterocycles. The quantitative estimate of drug-likeness (QED) is 0.651. The van der Waals surface area contributed by atoms with E-state index in [1.54, 1.807) is 6.20 Å². The van der Waals surface area contributed by atoms with E-state index in [1.807, 2.05) is 13.8 Å². The molecule has 11 heavy (non-hydrogen) atoms. The van der Waals surface area contributed by atoms with Gasteiger partial charge in [-0.2, -0.15) is 5.10 Å². The fourth-order valence-electron chi connectivity index (χ4n) is 0.721. The maximum Gasteiger partial charge on any atom is 0.254 e. The van der Waals surface area contributed by atoms with Crippen molar-refractivity contribution in [2.45, 2.75) is 19.9 Å². The molecule has 1 amide bonds. The van der Waals surface area contributed by atoms with Gasteiger partial charge >= 0.3 is 0 Å². The van der Waals surface area contributed by atoms with Gasteiger partial charge in [-0.1, -0.05) is 0 Å². The topological polar surface area (TPSA) is 57.8 Å². The van der Waals surface area contributed by atoms with E-state index in [0.29, 0.717) is 5.56 Å². The second-order valence-electron chi connectivity index (χ2n) is 2.62. The van der Waals surface area contributed by atoms with E-state index in [1.165, 1.54) is 6.20 Å². The Balaban J connectivity index is 2.57. The Labute approximate surface area is 65.0 Å². The van der Waals surface area contributed by atoms with Gasteiger partial charge in [-0.15, -0.1) is 0 Å². The number of aromatic nitrogens is 2. The molecule has 0 saturated carbocycles. The monoisotopic (exact) mass is 153 g/mol. The number of hydrogen-bond donors (Lipinski definition) is 2. The van der Waals surface area contributed by atoms with E-state index in [9.17, 15) is 4.79 Å². The summed E-state index contributed by atoms with van der Waals surface area (Å²) in [5.74, 6) is -0.0891. The zero-order chi connectivity index (χ0) is 8.27. The number of aromatic amines is 1. The molecule has 1 aromatic rings. The van der Waals surface area contributed by atoms with Crippen LogP contribution >= 0.6 is 0 Å². The Hall–Kier alpha value is -1.32. The van der Waals surface area contributed by atoms with Crippen molar-refractivity contribution >= 4 is 5.91 Å². The van der Waals surface area contributed by atoms with Crippen molar-refractivity contribution < 1.29 is 4.79 Å². The molecular weight excluding hydrogens is 142 g/mol. The fraction of sp³-hybridized carbons (Fsp3) is 0.429. The van der Waals surface area contributed by atoms with Crippen LogP contribution in [0.25, 0.3) is 0 Å². The van der Waals surface area contributed by atoms with Crippen molar-refractivity contribution in [3.8, 4) is 0 Å². The Morgan fingerprint density at radius 3 is 2.91 bits per heavy atom. The van der Waals surface area contributed by atoms with Crippen LogP contribution < -0.4 is 5.32 Å².